The third-order valence-corrected chi connectivity index (χ3v) is 4.35. The van der Waals surface area contributed by atoms with Gasteiger partial charge in [0.05, 0.1) is 11.9 Å². The number of nitrogens with zero attached hydrogens (tertiary/aromatic N) is 4. The van der Waals surface area contributed by atoms with Gasteiger partial charge in [-0.05, 0) is 43.2 Å². The summed E-state index contributed by atoms with van der Waals surface area (Å²) in [6.45, 7) is 4.76. The predicted molar refractivity (Wildman–Crippen MR) is 83.4 cm³/mol. The smallest absolute Gasteiger partial charge is 0.155 e. The molecule has 1 saturated carbocycles. The van der Waals surface area contributed by atoms with Crippen LogP contribution in [0.1, 0.15) is 46.0 Å². The highest BCUT2D eigenvalue weighted by Gasteiger charge is 2.24. The highest BCUT2D eigenvalue weighted by molar-refractivity contribution is 5.44. The zero-order valence-corrected chi connectivity index (χ0v) is 12.8. The van der Waals surface area contributed by atoms with Gasteiger partial charge in [-0.2, -0.15) is 5.10 Å². The molecule has 1 N–H and O–H groups in total. The van der Waals surface area contributed by atoms with Crippen molar-refractivity contribution in [1.29, 1.82) is 0 Å². The van der Waals surface area contributed by atoms with Crippen LogP contribution >= 0.6 is 0 Å². The second-order valence-corrected chi connectivity index (χ2v) is 6.68. The zero-order valence-electron chi connectivity index (χ0n) is 12.8. The molecule has 1 fully saturated rings. The monoisotopic (exact) mass is 285 g/mol. The Hall–Kier alpha value is -1.91. The third-order valence-electron chi connectivity index (χ3n) is 4.35. The zero-order chi connectivity index (χ0) is 14.7. The first kappa shape index (κ1) is 14.0. The van der Waals surface area contributed by atoms with Crippen molar-refractivity contribution in [2.45, 2.75) is 52.0 Å². The van der Waals surface area contributed by atoms with Gasteiger partial charge in [-0.25, -0.2) is 14.6 Å². The number of pyridine rings is 1. The highest BCUT2D eigenvalue weighted by atomic mass is 15.3. The number of hydrogen-bond donors (Lipinski definition) is 1. The molecule has 1 aliphatic carbocycles. The molecule has 112 valence electrons. The maximum absolute atomic E-state index is 4.44. The Morgan fingerprint density at radius 2 is 2.14 bits per heavy atom. The minimum Gasteiger partial charge on any atom is -0.381 e. The second-order valence-electron chi connectivity index (χ2n) is 6.68. The van der Waals surface area contributed by atoms with Crippen LogP contribution in [0.15, 0.2) is 31.0 Å². The van der Waals surface area contributed by atoms with E-state index in [0.29, 0.717) is 11.5 Å². The topological polar surface area (TPSA) is 55.6 Å². The standard InChI is InChI=1S/C16H23N5/c1-16(2)8-3-4-13(7-9-16)20-14-5-6-15(18-10-14)21-12-17-11-19-21/h5-6,10-13,20H,3-4,7-9H2,1-2H3. The summed E-state index contributed by atoms with van der Waals surface area (Å²) in [6, 6.07) is 4.60. The molecule has 0 aliphatic heterocycles. The number of nitrogens with one attached hydrogen (secondary N) is 1. The van der Waals surface area contributed by atoms with Crippen molar-refractivity contribution in [2.24, 2.45) is 5.41 Å². The van der Waals surface area contributed by atoms with E-state index in [9.17, 15) is 0 Å². The molecule has 2 aromatic rings. The fourth-order valence-electron chi connectivity index (χ4n) is 2.97. The summed E-state index contributed by atoms with van der Waals surface area (Å²) in [7, 11) is 0. The number of rotatable bonds is 3. The normalized spacial score (nSPS) is 21.7. The lowest BCUT2D eigenvalue weighted by Crippen LogP contribution is -2.19. The summed E-state index contributed by atoms with van der Waals surface area (Å²) in [5, 5.41) is 7.71. The molecule has 5 heteroatoms. The van der Waals surface area contributed by atoms with Crippen molar-refractivity contribution >= 4 is 5.69 Å². The Morgan fingerprint density at radius 3 is 2.86 bits per heavy atom. The first-order valence-electron chi connectivity index (χ1n) is 7.70. The Bertz CT molecular complexity index is 559. The van der Waals surface area contributed by atoms with E-state index in [1.807, 2.05) is 12.3 Å². The minimum absolute atomic E-state index is 0.492. The van der Waals surface area contributed by atoms with Crippen molar-refractivity contribution < 1.29 is 0 Å². The van der Waals surface area contributed by atoms with Crippen LogP contribution in [-0.4, -0.2) is 25.8 Å². The van der Waals surface area contributed by atoms with Crippen molar-refractivity contribution in [2.75, 3.05) is 5.32 Å². The quantitative estimate of drug-likeness (QED) is 0.878. The third kappa shape index (κ3) is 3.60. The molecule has 1 unspecified atom stereocenters. The van der Waals surface area contributed by atoms with Gasteiger partial charge in [0, 0.05) is 6.04 Å². The number of hydrogen-bond acceptors (Lipinski definition) is 4. The van der Waals surface area contributed by atoms with Crippen LogP contribution in [0.2, 0.25) is 0 Å². The Morgan fingerprint density at radius 1 is 1.24 bits per heavy atom. The van der Waals surface area contributed by atoms with Gasteiger partial charge >= 0.3 is 0 Å². The fourth-order valence-corrected chi connectivity index (χ4v) is 2.97. The Balaban J connectivity index is 1.63. The molecule has 0 amide bonds. The molecular formula is C16H23N5. The van der Waals surface area contributed by atoms with E-state index in [2.05, 4.69) is 40.3 Å². The summed E-state index contributed by atoms with van der Waals surface area (Å²) in [6.07, 6.45) is 11.4. The first-order chi connectivity index (χ1) is 10.1. The molecule has 1 atom stereocenters. The van der Waals surface area contributed by atoms with Gasteiger partial charge in [0.2, 0.25) is 0 Å². The van der Waals surface area contributed by atoms with Crippen LogP contribution in [0.25, 0.3) is 5.82 Å². The van der Waals surface area contributed by atoms with E-state index in [1.165, 1.54) is 38.4 Å². The summed E-state index contributed by atoms with van der Waals surface area (Å²) < 4.78 is 1.66. The SMILES string of the molecule is CC1(C)CCCC(Nc2ccc(-n3cncn3)nc2)CC1. The largest absolute Gasteiger partial charge is 0.381 e. The van der Waals surface area contributed by atoms with Crippen LogP contribution in [0.5, 0.6) is 0 Å². The summed E-state index contributed by atoms with van der Waals surface area (Å²) in [5.74, 6) is 0.792. The van der Waals surface area contributed by atoms with Gasteiger partial charge in [0.1, 0.15) is 12.7 Å². The molecule has 21 heavy (non-hydrogen) atoms. The van der Waals surface area contributed by atoms with Crippen molar-refractivity contribution in [3.63, 3.8) is 0 Å². The van der Waals surface area contributed by atoms with E-state index in [0.717, 1.165) is 11.5 Å². The molecule has 3 rings (SSSR count). The predicted octanol–water partition coefficient (Wildman–Crippen LogP) is 3.43. The molecule has 0 spiro atoms. The van der Waals surface area contributed by atoms with Gasteiger partial charge < -0.3 is 5.32 Å². The van der Waals surface area contributed by atoms with Gasteiger partial charge in [0.15, 0.2) is 5.82 Å². The fraction of sp³-hybridized carbons (Fsp3) is 0.562. The van der Waals surface area contributed by atoms with Crippen LogP contribution in [0, 0.1) is 5.41 Å². The van der Waals surface area contributed by atoms with Crippen LogP contribution in [0.3, 0.4) is 0 Å². The molecule has 1 aliphatic rings. The molecule has 2 aromatic heterocycles. The van der Waals surface area contributed by atoms with Gasteiger partial charge in [-0.3, -0.25) is 0 Å². The van der Waals surface area contributed by atoms with Crippen molar-refractivity contribution in [1.82, 2.24) is 19.7 Å². The summed E-state index contributed by atoms with van der Waals surface area (Å²) in [4.78, 5) is 8.37. The first-order valence-corrected chi connectivity index (χ1v) is 7.70. The number of aromatic nitrogens is 4. The second kappa shape index (κ2) is 5.84. The lowest BCUT2D eigenvalue weighted by atomic mass is 9.85. The molecular weight excluding hydrogens is 262 g/mol. The van der Waals surface area contributed by atoms with Gasteiger partial charge in [-0.15, -0.1) is 0 Å². The maximum Gasteiger partial charge on any atom is 0.155 e. The van der Waals surface area contributed by atoms with E-state index in [1.54, 1.807) is 11.0 Å². The molecule has 5 nitrogen and oxygen atoms in total. The molecule has 0 bridgehead atoms. The Labute approximate surface area is 125 Å². The van der Waals surface area contributed by atoms with Gasteiger partial charge in [0.25, 0.3) is 0 Å². The van der Waals surface area contributed by atoms with Crippen molar-refractivity contribution in [3.8, 4) is 5.82 Å². The molecule has 2 heterocycles. The highest BCUT2D eigenvalue weighted by Crippen LogP contribution is 2.34. The molecule has 0 radical (unpaired) electrons. The van der Waals surface area contributed by atoms with E-state index < -0.39 is 0 Å². The molecule has 0 aromatic carbocycles. The van der Waals surface area contributed by atoms with Crippen LogP contribution in [0.4, 0.5) is 5.69 Å². The van der Waals surface area contributed by atoms with Crippen LogP contribution in [-0.2, 0) is 0 Å². The number of anilines is 1. The average molecular weight is 285 g/mol. The summed E-state index contributed by atoms with van der Waals surface area (Å²) >= 11 is 0. The van der Waals surface area contributed by atoms with E-state index in [4.69, 9.17) is 0 Å². The lowest BCUT2D eigenvalue weighted by Gasteiger charge is -2.22. The lowest BCUT2D eigenvalue weighted by molar-refractivity contribution is 0.313. The maximum atomic E-state index is 4.44. The summed E-state index contributed by atoms with van der Waals surface area (Å²) in [5.41, 5.74) is 1.58. The van der Waals surface area contributed by atoms with Crippen molar-refractivity contribution in [3.05, 3.63) is 31.0 Å². The van der Waals surface area contributed by atoms with E-state index >= 15 is 0 Å². The average Bonchev–Trinajstić information content (AvgIpc) is 2.94. The Kier molecular flexibility index (Phi) is 3.90. The van der Waals surface area contributed by atoms with E-state index in [-0.39, 0.29) is 0 Å². The van der Waals surface area contributed by atoms with Gasteiger partial charge in [-0.1, -0.05) is 20.3 Å². The minimum atomic E-state index is 0.492. The van der Waals surface area contributed by atoms with Crippen LogP contribution < -0.4 is 5.32 Å². The molecule has 0 saturated heterocycles.